The number of allylic oxidation sites excluding steroid dienone is 1. The monoisotopic (exact) mass is 400 g/mol. The van der Waals surface area contributed by atoms with Gasteiger partial charge in [-0.2, -0.15) is 0 Å². The van der Waals surface area contributed by atoms with Crippen LogP contribution in [0, 0.1) is 5.92 Å². The molecule has 1 heterocycles. The Balaban J connectivity index is 1.39. The van der Waals surface area contributed by atoms with Crippen LogP contribution in [0.5, 0.6) is 0 Å². The van der Waals surface area contributed by atoms with Crippen LogP contribution < -0.4 is 5.32 Å². The number of fused-ring (bicyclic) bond motifs is 3. The Hall–Kier alpha value is -3.35. The standard InChI is InChI=1S/C23H21BN2O4/c24-21-10-9-14(12-25-21)11-20(22(27)28)26-23(29)30-13-19-17-7-3-1-5-15(17)16-6-2-4-8-18(16)19/h1-8,10,12,14,19-20H,9,11,13H2,(H,26,29)(H,27,28)/t14?,20-/m0/s1. The van der Waals surface area contributed by atoms with Gasteiger partial charge in [0, 0.05) is 18.1 Å². The van der Waals surface area contributed by atoms with E-state index in [4.69, 9.17) is 12.6 Å². The van der Waals surface area contributed by atoms with E-state index in [1.54, 1.807) is 12.3 Å². The van der Waals surface area contributed by atoms with Gasteiger partial charge in [-0.1, -0.05) is 54.6 Å². The summed E-state index contributed by atoms with van der Waals surface area (Å²) in [6.07, 6.45) is 3.44. The topological polar surface area (TPSA) is 88.0 Å². The Labute approximate surface area is 176 Å². The Morgan fingerprint density at radius 2 is 1.77 bits per heavy atom. The molecule has 4 rings (SSSR count). The van der Waals surface area contributed by atoms with Gasteiger partial charge in [-0.25, -0.2) is 9.59 Å². The molecule has 7 heteroatoms. The molecule has 1 unspecified atom stereocenters. The molecule has 0 saturated heterocycles. The Bertz CT molecular complexity index is 988. The lowest BCUT2D eigenvalue weighted by Crippen LogP contribution is -2.43. The third-order valence-corrected chi connectivity index (χ3v) is 5.54. The van der Waals surface area contributed by atoms with E-state index in [-0.39, 0.29) is 24.9 Å². The quantitative estimate of drug-likeness (QED) is 0.727. The smallest absolute Gasteiger partial charge is 0.407 e. The number of hydrogen-bond acceptors (Lipinski definition) is 4. The third-order valence-electron chi connectivity index (χ3n) is 5.54. The van der Waals surface area contributed by atoms with Gasteiger partial charge in [-0.05, 0) is 40.7 Å². The van der Waals surface area contributed by atoms with Crippen LogP contribution in [0.3, 0.4) is 0 Å². The number of carboxylic acids is 1. The van der Waals surface area contributed by atoms with Crippen LogP contribution in [0.2, 0.25) is 0 Å². The van der Waals surface area contributed by atoms with E-state index in [1.165, 1.54) is 0 Å². The number of nitrogens with zero attached hydrogens (tertiary/aromatic N) is 1. The van der Waals surface area contributed by atoms with Gasteiger partial charge in [0.05, 0.1) is 0 Å². The average molecular weight is 400 g/mol. The molecule has 0 aromatic heterocycles. The van der Waals surface area contributed by atoms with E-state index < -0.39 is 18.1 Å². The number of benzene rings is 2. The maximum atomic E-state index is 12.4. The maximum Gasteiger partial charge on any atom is 0.407 e. The Morgan fingerprint density at radius 3 is 2.33 bits per heavy atom. The molecule has 0 bridgehead atoms. The highest BCUT2D eigenvalue weighted by molar-refractivity contribution is 6.22. The minimum atomic E-state index is -1.11. The van der Waals surface area contributed by atoms with Gasteiger partial charge < -0.3 is 15.2 Å². The molecule has 0 fully saturated rings. The summed E-state index contributed by atoms with van der Waals surface area (Å²) in [5, 5.41) is 12.0. The number of ether oxygens (including phenoxy) is 1. The molecule has 30 heavy (non-hydrogen) atoms. The molecule has 1 aliphatic carbocycles. The van der Waals surface area contributed by atoms with Gasteiger partial charge in [0.1, 0.15) is 20.5 Å². The van der Waals surface area contributed by atoms with Crippen molar-refractivity contribution >= 4 is 26.1 Å². The first kappa shape index (κ1) is 19.9. The van der Waals surface area contributed by atoms with E-state index in [0.29, 0.717) is 12.0 Å². The summed E-state index contributed by atoms with van der Waals surface area (Å²) in [5.41, 5.74) is 4.89. The molecule has 0 spiro atoms. The van der Waals surface area contributed by atoms with Crippen molar-refractivity contribution in [1.29, 1.82) is 0 Å². The molecule has 1 amide bonds. The van der Waals surface area contributed by atoms with Gasteiger partial charge >= 0.3 is 12.1 Å². The van der Waals surface area contributed by atoms with Crippen LogP contribution in [-0.4, -0.2) is 43.9 Å². The van der Waals surface area contributed by atoms with Crippen LogP contribution in [0.1, 0.15) is 29.9 Å². The minimum absolute atomic E-state index is 0.0787. The second-order valence-corrected chi connectivity index (χ2v) is 7.50. The van der Waals surface area contributed by atoms with Crippen LogP contribution in [0.15, 0.2) is 65.2 Å². The number of carbonyl (C=O) groups excluding carboxylic acids is 1. The summed E-state index contributed by atoms with van der Waals surface area (Å²) in [6.45, 7) is 0.135. The molecule has 2 radical (unpaired) electrons. The third kappa shape index (κ3) is 4.15. The number of alkyl carbamates (subject to hydrolysis) is 1. The van der Waals surface area contributed by atoms with E-state index >= 15 is 0 Å². The summed E-state index contributed by atoms with van der Waals surface area (Å²) in [6, 6.07) is 15.0. The van der Waals surface area contributed by atoms with E-state index in [1.807, 2.05) is 36.4 Å². The van der Waals surface area contributed by atoms with Gasteiger partial charge in [0.2, 0.25) is 0 Å². The number of amides is 1. The van der Waals surface area contributed by atoms with Crippen LogP contribution in [-0.2, 0) is 9.53 Å². The number of carboxylic acid groups (broad SMARTS) is 1. The lowest BCUT2D eigenvalue weighted by molar-refractivity contribution is -0.139. The number of carbonyl (C=O) groups is 2. The summed E-state index contributed by atoms with van der Waals surface area (Å²) >= 11 is 0. The molecular formula is C23H21BN2O4. The van der Waals surface area contributed by atoms with Crippen LogP contribution in [0.25, 0.3) is 11.1 Å². The predicted octanol–water partition coefficient (Wildman–Crippen LogP) is 3.47. The zero-order valence-corrected chi connectivity index (χ0v) is 16.3. The molecule has 6 nitrogen and oxygen atoms in total. The van der Waals surface area contributed by atoms with Gasteiger partial charge in [0.15, 0.2) is 0 Å². The summed E-state index contributed by atoms with van der Waals surface area (Å²) in [4.78, 5) is 28.0. The van der Waals surface area contributed by atoms with Crippen molar-refractivity contribution < 1.29 is 19.4 Å². The highest BCUT2D eigenvalue weighted by Crippen LogP contribution is 2.44. The number of nitrogens with one attached hydrogen (secondary N) is 1. The largest absolute Gasteiger partial charge is 0.480 e. The van der Waals surface area contributed by atoms with Gasteiger partial charge in [0.25, 0.3) is 0 Å². The molecule has 2 aromatic carbocycles. The fourth-order valence-electron chi connectivity index (χ4n) is 4.04. The predicted molar refractivity (Wildman–Crippen MR) is 115 cm³/mol. The van der Waals surface area contributed by atoms with Crippen LogP contribution >= 0.6 is 0 Å². The van der Waals surface area contributed by atoms with Gasteiger partial charge in [-0.15, -0.1) is 0 Å². The second-order valence-electron chi connectivity index (χ2n) is 7.50. The molecule has 2 atom stereocenters. The fraction of sp³-hybridized carbons (Fsp3) is 0.261. The van der Waals surface area contributed by atoms with Gasteiger partial charge in [-0.3, -0.25) is 4.99 Å². The molecule has 0 saturated carbocycles. The Kier molecular flexibility index (Phi) is 5.70. The fourth-order valence-corrected chi connectivity index (χ4v) is 4.04. The minimum Gasteiger partial charge on any atom is -0.480 e. The van der Waals surface area contributed by atoms with Crippen molar-refractivity contribution in [2.24, 2.45) is 10.9 Å². The lowest BCUT2D eigenvalue weighted by Gasteiger charge is -2.21. The molecular weight excluding hydrogens is 379 g/mol. The zero-order valence-electron chi connectivity index (χ0n) is 16.3. The van der Waals surface area contributed by atoms with Crippen LogP contribution in [0.4, 0.5) is 4.79 Å². The average Bonchev–Trinajstić information content (AvgIpc) is 3.07. The van der Waals surface area contributed by atoms with E-state index in [9.17, 15) is 14.7 Å². The molecule has 1 aliphatic heterocycles. The molecule has 2 N–H and O–H groups in total. The van der Waals surface area contributed by atoms with Crippen molar-refractivity contribution in [1.82, 2.24) is 5.32 Å². The SMILES string of the molecule is [B]C1=CCC(C[C@H](NC(=O)OCC2c3ccccc3-c3ccccc32)C(=O)O)C=N1. The van der Waals surface area contributed by atoms with E-state index in [0.717, 1.165) is 22.3 Å². The van der Waals surface area contributed by atoms with Crippen molar-refractivity contribution in [2.75, 3.05) is 6.61 Å². The van der Waals surface area contributed by atoms with Crippen molar-refractivity contribution in [3.05, 3.63) is 71.3 Å². The first-order chi connectivity index (χ1) is 14.5. The lowest BCUT2D eigenvalue weighted by atomic mass is 9.92. The normalized spacial score (nSPS) is 18.1. The highest BCUT2D eigenvalue weighted by Gasteiger charge is 2.30. The summed E-state index contributed by atoms with van der Waals surface area (Å²) in [5.74, 6) is -1.29. The second kappa shape index (κ2) is 8.57. The van der Waals surface area contributed by atoms with Crippen molar-refractivity contribution in [3.63, 3.8) is 0 Å². The first-order valence-electron chi connectivity index (χ1n) is 9.87. The zero-order chi connectivity index (χ0) is 21.1. The Morgan fingerprint density at radius 1 is 1.13 bits per heavy atom. The number of aliphatic imine (C=N–C) groups is 1. The van der Waals surface area contributed by atoms with Crippen molar-refractivity contribution in [2.45, 2.75) is 24.8 Å². The molecule has 2 aliphatic rings. The molecule has 150 valence electrons. The van der Waals surface area contributed by atoms with Crippen molar-refractivity contribution in [3.8, 4) is 11.1 Å². The number of hydrogen-bond donors (Lipinski definition) is 2. The first-order valence-corrected chi connectivity index (χ1v) is 9.87. The summed E-state index contributed by atoms with van der Waals surface area (Å²) < 4.78 is 5.45. The number of aliphatic carboxylic acids is 1. The summed E-state index contributed by atoms with van der Waals surface area (Å²) in [7, 11) is 5.59. The molecule has 2 aromatic rings. The van der Waals surface area contributed by atoms with E-state index in [2.05, 4.69) is 22.4 Å². The highest BCUT2D eigenvalue weighted by atomic mass is 16.5. The maximum absolute atomic E-state index is 12.4. The number of rotatable bonds is 6.